The lowest BCUT2D eigenvalue weighted by atomic mass is 10.0. The standard InChI is InChI=1S/C13H15FN2S/c1-15-11(7-12-8-16-9-17-12)6-10-4-2-3-5-13(10)14/h2-5,8-9,11,15H,6-7H2,1H3. The summed E-state index contributed by atoms with van der Waals surface area (Å²) in [6.45, 7) is 0. The highest BCUT2D eigenvalue weighted by molar-refractivity contribution is 7.09. The monoisotopic (exact) mass is 250 g/mol. The molecule has 1 atom stereocenters. The van der Waals surface area contributed by atoms with Gasteiger partial charge in [-0.05, 0) is 31.5 Å². The molecule has 2 aromatic rings. The molecule has 0 saturated carbocycles. The molecule has 1 aromatic heterocycles. The van der Waals surface area contributed by atoms with E-state index in [1.165, 1.54) is 10.9 Å². The maximum atomic E-state index is 13.5. The van der Waals surface area contributed by atoms with Crippen LogP contribution in [0.25, 0.3) is 0 Å². The molecule has 0 aliphatic rings. The van der Waals surface area contributed by atoms with Gasteiger partial charge in [0.1, 0.15) is 5.82 Å². The van der Waals surface area contributed by atoms with Crippen LogP contribution in [0, 0.1) is 5.82 Å². The third-order valence-corrected chi connectivity index (χ3v) is 3.57. The van der Waals surface area contributed by atoms with Crippen molar-refractivity contribution >= 4 is 11.3 Å². The van der Waals surface area contributed by atoms with Crippen LogP contribution >= 0.6 is 11.3 Å². The predicted molar refractivity (Wildman–Crippen MR) is 68.8 cm³/mol. The molecule has 90 valence electrons. The van der Waals surface area contributed by atoms with Crippen LogP contribution in [0.2, 0.25) is 0 Å². The van der Waals surface area contributed by atoms with Gasteiger partial charge in [0.25, 0.3) is 0 Å². The lowest BCUT2D eigenvalue weighted by Gasteiger charge is -2.15. The average molecular weight is 250 g/mol. The third-order valence-electron chi connectivity index (χ3n) is 2.76. The Balaban J connectivity index is 2.03. The van der Waals surface area contributed by atoms with E-state index in [0.29, 0.717) is 6.42 Å². The Morgan fingerprint density at radius 3 is 2.82 bits per heavy atom. The molecule has 0 aliphatic heterocycles. The van der Waals surface area contributed by atoms with Gasteiger partial charge in [0.2, 0.25) is 0 Å². The smallest absolute Gasteiger partial charge is 0.126 e. The summed E-state index contributed by atoms with van der Waals surface area (Å²) >= 11 is 1.64. The zero-order chi connectivity index (χ0) is 12.1. The van der Waals surface area contributed by atoms with Gasteiger partial charge < -0.3 is 5.32 Å². The summed E-state index contributed by atoms with van der Waals surface area (Å²) in [5.74, 6) is -0.128. The van der Waals surface area contributed by atoms with Crippen LogP contribution in [0.4, 0.5) is 4.39 Å². The van der Waals surface area contributed by atoms with E-state index in [1.807, 2.05) is 30.9 Å². The van der Waals surface area contributed by atoms with Gasteiger partial charge in [0.15, 0.2) is 0 Å². The highest BCUT2D eigenvalue weighted by Crippen LogP contribution is 2.14. The van der Waals surface area contributed by atoms with E-state index < -0.39 is 0 Å². The van der Waals surface area contributed by atoms with Crippen molar-refractivity contribution < 1.29 is 4.39 Å². The molecule has 0 bridgehead atoms. The lowest BCUT2D eigenvalue weighted by Crippen LogP contribution is -2.29. The van der Waals surface area contributed by atoms with Crippen LogP contribution in [-0.4, -0.2) is 18.1 Å². The molecular formula is C13H15FN2S. The number of aromatic nitrogens is 1. The first-order valence-electron chi connectivity index (χ1n) is 5.57. The average Bonchev–Trinajstić information content (AvgIpc) is 2.84. The van der Waals surface area contributed by atoms with E-state index in [4.69, 9.17) is 0 Å². The molecule has 0 amide bonds. The molecule has 1 heterocycles. The van der Waals surface area contributed by atoms with E-state index >= 15 is 0 Å². The number of thiazole rings is 1. The Kier molecular flexibility index (Phi) is 4.23. The van der Waals surface area contributed by atoms with Gasteiger partial charge in [0, 0.05) is 17.1 Å². The van der Waals surface area contributed by atoms with Crippen LogP contribution in [0.15, 0.2) is 36.0 Å². The summed E-state index contributed by atoms with van der Waals surface area (Å²) in [5.41, 5.74) is 2.59. The molecule has 1 aromatic carbocycles. The topological polar surface area (TPSA) is 24.9 Å². The molecule has 0 radical (unpaired) electrons. The zero-order valence-electron chi connectivity index (χ0n) is 9.69. The molecule has 17 heavy (non-hydrogen) atoms. The van der Waals surface area contributed by atoms with E-state index in [0.717, 1.165) is 12.0 Å². The number of nitrogens with one attached hydrogen (secondary N) is 1. The maximum Gasteiger partial charge on any atom is 0.126 e. The van der Waals surface area contributed by atoms with Crippen molar-refractivity contribution in [1.29, 1.82) is 0 Å². The number of halogens is 1. The van der Waals surface area contributed by atoms with Crippen molar-refractivity contribution in [2.45, 2.75) is 18.9 Å². The quantitative estimate of drug-likeness (QED) is 0.882. The number of hydrogen-bond acceptors (Lipinski definition) is 3. The number of nitrogens with zero attached hydrogens (tertiary/aromatic N) is 1. The number of rotatable bonds is 5. The predicted octanol–water partition coefficient (Wildman–Crippen LogP) is 2.66. The van der Waals surface area contributed by atoms with Gasteiger partial charge in [-0.25, -0.2) is 4.39 Å². The fourth-order valence-electron chi connectivity index (χ4n) is 1.79. The van der Waals surface area contributed by atoms with E-state index in [9.17, 15) is 4.39 Å². The van der Waals surface area contributed by atoms with E-state index in [1.54, 1.807) is 17.4 Å². The van der Waals surface area contributed by atoms with Crippen LogP contribution in [0.1, 0.15) is 10.4 Å². The van der Waals surface area contributed by atoms with E-state index in [-0.39, 0.29) is 11.9 Å². The Hall–Kier alpha value is -1.26. The molecule has 0 saturated heterocycles. The van der Waals surface area contributed by atoms with Crippen LogP contribution in [-0.2, 0) is 12.8 Å². The third kappa shape index (κ3) is 3.35. The lowest BCUT2D eigenvalue weighted by molar-refractivity contribution is 0.534. The van der Waals surface area contributed by atoms with Crippen molar-refractivity contribution in [1.82, 2.24) is 10.3 Å². The second-order valence-electron chi connectivity index (χ2n) is 3.95. The van der Waals surface area contributed by atoms with Crippen molar-refractivity contribution in [3.05, 3.63) is 52.2 Å². The van der Waals surface area contributed by atoms with Crippen molar-refractivity contribution in [2.24, 2.45) is 0 Å². The normalized spacial score (nSPS) is 12.6. The fraction of sp³-hybridized carbons (Fsp3) is 0.308. The molecule has 4 heteroatoms. The first-order chi connectivity index (χ1) is 8.29. The summed E-state index contributed by atoms with van der Waals surface area (Å²) in [6.07, 6.45) is 3.45. The SMILES string of the molecule is CNC(Cc1cncs1)Cc1ccccc1F. The van der Waals surface area contributed by atoms with Gasteiger partial charge in [-0.1, -0.05) is 18.2 Å². The Labute approximate surface area is 105 Å². The first-order valence-corrected chi connectivity index (χ1v) is 6.45. The Morgan fingerprint density at radius 1 is 1.35 bits per heavy atom. The van der Waals surface area contributed by atoms with Crippen molar-refractivity contribution in [2.75, 3.05) is 7.05 Å². The van der Waals surface area contributed by atoms with Gasteiger partial charge in [-0.2, -0.15) is 0 Å². The van der Waals surface area contributed by atoms with Crippen LogP contribution in [0.5, 0.6) is 0 Å². The minimum Gasteiger partial charge on any atom is -0.316 e. The summed E-state index contributed by atoms with van der Waals surface area (Å²) in [5, 5.41) is 3.23. The summed E-state index contributed by atoms with van der Waals surface area (Å²) in [4.78, 5) is 5.27. The second-order valence-corrected chi connectivity index (χ2v) is 4.92. The number of hydrogen-bond donors (Lipinski definition) is 1. The molecule has 0 aliphatic carbocycles. The highest BCUT2D eigenvalue weighted by atomic mass is 32.1. The summed E-state index contributed by atoms with van der Waals surface area (Å²) in [6, 6.07) is 7.18. The zero-order valence-corrected chi connectivity index (χ0v) is 10.5. The van der Waals surface area contributed by atoms with Crippen molar-refractivity contribution in [3.8, 4) is 0 Å². The Bertz CT molecular complexity index is 456. The summed E-state index contributed by atoms with van der Waals surface area (Å²) < 4.78 is 13.5. The molecule has 0 fully saturated rings. The molecular weight excluding hydrogens is 235 g/mol. The minimum absolute atomic E-state index is 0.128. The van der Waals surface area contributed by atoms with Gasteiger partial charge in [-0.3, -0.25) is 4.98 Å². The van der Waals surface area contributed by atoms with E-state index in [2.05, 4.69) is 10.3 Å². The van der Waals surface area contributed by atoms with Gasteiger partial charge in [0.05, 0.1) is 5.51 Å². The fourth-order valence-corrected chi connectivity index (χ4v) is 2.47. The molecule has 1 unspecified atom stereocenters. The highest BCUT2D eigenvalue weighted by Gasteiger charge is 2.11. The number of benzene rings is 1. The first kappa shape index (κ1) is 12.2. The largest absolute Gasteiger partial charge is 0.316 e. The molecule has 2 rings (SSSR count). The van der Waals surface area contributed by atoms with Crippen LogP contribution < -0.4 is 5.32 Å². The van der Waals surface area contributed by atoms with Crippen molar-refractivity contribution in [3.63, 3.8) is 0 Å². The minimum atomic E-state index is -0.128. The van der Waals surface area contributed by atoms with Gasteiger partial charge >= 0.3 is 0 Å². The maximum absolute atomic E-state index is 13.5. The number of likely N-dealkylation sites (N-methyl/N-ethyl adjacent to an activating group) is 1. The van der Waals surface area contributed by atoms with Gasteiger partial charge in [-0.15, -0.1) is 11.3 Å². The summed E-state index contributed by atoms with van der Waals surface area (Å²) in [7, 11) is 1.91. The second kappa shape index (κ2) is 5.89. The molecule has 2 nitrogen and oxygen atoms in total. The Morgan fingerprint density at radius 2 is 2.18 bits per heavy atom. The molecule has 1 N–H and O–H groups in total. The van der Waals surface area contributed by atoms with Crippen LogP contribution in [0.3, 0.4) is 0 Å². The molecule has 0 spiro atoms.